The number of nitrogens with one attached hydrogen (secondary N) is 1. The average Bonchev–Trinajstić information content (AvgIpc) is 2.70. The maximum Gasteiger partial charge on any atom is 0.0380 e. The second-order valence-electron chi connectivity index (χ2n) is 9.67. The van der Waals surface area contributed by atoms with Gasteiger partial charge in [0.2, 0.25) is 0 Å². The first-order valence-corrected chi connectivity index (χ1v) is 12.9. The van der Waals surface area contributed by atoms with E-state index in [1.807, 2.05) is 0 Å². The lowest BCUT2D eigenvalue weighted by molar-refractivity contribution is 0.392. The van der Waals surface area contributed by atoms with Crippen molar-refractivity contribution >= 4 is 0 Å². The number of rotatable bonds is 19. The van der Waals surface area contributed by atoms with E-state index in [9.17, 15) is 0 Å². The van der Waals surface area contributed by atoms with Crippen LogP contribution in [0.4, 0.5) is 0 Å². The molecule has 0 radical (unpaired) electrons. The van der Waals surface area contributed by atoms with Crippen LogP contribution in [0.2, 0.25) is 0 Å². The summed E-state index contributed by atoms with van der Waals surface area (Å²) in [5.74, 6) is 0. The largest absolute Gasteiger partial charge is 0.308 e. The maximum atomic E-state index is 3.77. The third kappa shape index (κ3) is 13.2. The van der Waals surface area contributed by atoms with Crippen molar-refractivity contribution in [2.45, 2.75) is 136 Å². The Morgan fingerprint density at radius 3 is 1.48 bits per heavy atom. The lowest BCUT2D eigenvalue weighted by Crippen LogP contribution is -2.37. The molecule has 0 spiro atoms. The summed E-state index contributed by atoms with van der Waals surface area (Å²) in [5.41, 5.74) is 2.88. The van der Waals surface area contributed by atoms with Gasteiger partial charge in [-0.3, -0.25) is 0 Å². The first kappa shape index (κ1) is 26.2. The molecule has 1 nitrogen and oxygen atoms in total. The van der Waals surface area contributed by atoms with Crippen molar-refractivity contribution in [3.05, 3.63) is 35.4 Å². The summed E-state index contributed by atoms with van der Waals surface area (Å²) in [6.07, 6.45) is 22.9. The topological polar surface area (TPSA) is 12.0 Å². The summed E-state index contributed by atoms with van der Waals surface area (Å²) in [6, 6.07) is 8.76. The van der Waals surface area contributed by atoms with Crippen molar-refractivity contribution in [2.75, 3.05) is 6.54 Å². The van der Waals surface area contributed by atoms with Gasteiger partial charge in [0.05, 0.1) is 0 Å². The molecule has 1 N–H and O–H groups in total. The van der Waals surface area contributed by atoms with E-state index in [2.05, 4.69) is 57.3 Å². The van der Waals surface area contributed by atoms with Crippen LogP contribution in [-0.2, 0) is 5.54 Å². The second kappa shape index (κ2) is 16.9. The lowest BCUT2D eigenvalue weighted by atomic mass is 9.90. The Bertz CT molecular complexity index is 491. The van der Waals surface area contributed by atoms with Crippen LogP contribution in [0.15, 0.2) is 24.3 Å². The molecule has 1 heteroatoms. The van der Waals surface area contributed by atoms with Crippen LogP contribution in [0.5, 0.6) is 0 Å². The molecular formula is C28H51N. The molecule has 0 saturated heterocycles. The Labute approximate surface area is 183 Å². The summed E-state index contributed by atoms with van der Waals surface area (Å²) < 4.78 is 0. The van der Waals surface area contributed by atoms with E-state index in [1.54, 1.807) is 0 Å². The molecular weight excluding hydrogens is 350 g/mol. The number of hydrogen-bond acceptors (Lipinski definition) is 1. The van der Waals surface area contributed by atoms with E-state index in [4.69, 9.17) is 0 Å². The molecule has 0 amide bonds. The van der Waals surface area contributed by atoms with Gasteiger partial charge in [-0.1, -0.05) is 128 Å². The highest BCUT2D eigenvalue weighted by molar-refractivity contribution is 5.31. The first-order valence-electron chi connectivity index (χ1n) is 12.9. The Kier molecular flexibility index (Phi) is 15.3. The number of aryl methyl sites for hydroxylation is 1. The van der Waals surface area contributed by atoms with Crippen LogP contribution < -0.4 is 5.32 Å². The summed E-state index contributed by atoms with van der Waals surface area (Å²) in [6.45, 7) is 10.3. The monoisotopic (exact) mass is 401 g/mol. The Morgan fingerprint density at radius 1 is 0.621 bits per heavy atom. The zero-order valence-corrected chi connectivity index (χ0v) is 20.3. The SMILES string of the molecule is CCCCCCCCCCCCCCCCCCNC(C)(C)c1ccccc1C. The first-order chi connectivity index (χ1) is 14.1. The van der Waals surface area contributed by atoms with E-state index >= 15 is 0 Å². The van der Waals surface area contributed by atoms with Crippen LogP contribution in [0.25, 0.3) is 0 Å². The standard InChI is InChI=1S/C28H51N/c1-5-6-7-8-9-10-11-12-13-14-15-16-17-18-19-22-25-29-28(3,4)27-24-21-20-23-26(27)2/h20-21,23-24,29H,5-19,22,25H2,1-4H3. The van der Waals surface area contributed by atoms with Gasteiger partial charge in [-0.2, -0.15) is 0 Å². The van der Waals surface area contributed by atoms with Gasteiger partial charge in [0.15, 0.2) is 0 Å². The predicted molar refractivity (Wildman–Crippen MR) is 132 cm³/mol. The molecule has 0 bridgehead atoms. The summed E-state index contributed by atoms with van der Waals surface area (Å²) in [7, 11) is 0. The van der Waals surface area contributed by atoms with Gasteiger partial charge in [-0.05, 0) is 44.9 Å². The third-order valence-electron chi connectivity index (χ3n) is 6.42. The minimum atomic E-state index is 0.0703. The van der Waals surface area contributed by atoms with E-state index in [-0.39, 0.29) is 5.54 Å². The molecule has 0 aromatic heterocycles. The summed E-state index contributed by atoms with van der Waals surface area (Å²) >= 11 is 0. The molecule has 0 saturated carbocycles. The molecule has 1 aromatic carbocycles. The van der Waals surface area contributed by atoms with E-state index in [1.165, 1.54) is 114 Å². The number of hydrogen-bond donors (Lipinski definition) is 1. The zero-order chi connectivity index (χ0) is 21.2. The molecule has 0 heterocycles. The summed E-state index contributed by atoms with van der Waals surface area (Å²) in [5, 5.41) is 3.77. The molecule has 0 aliphatic rings. The average molecular weight is 402 g/mol. The third-order valence-corrected chi connectivity index (χ3v) is 6.42. The van der Waals surface area contributed by atoms with Crippen LogP contribution in [0.1, 0.15) is 135 Å². The molecule has 0 unspecified atom stereocenters. The number of unbranched alkanes of at least 4 members (excludes halogenated alkanes) is 15. The fourth-order valence-corrected chi connectivity index (χ4v) is 4.44. The quantitative estimate of drug-likeness (QED) is 0.228. The summed E-state index contributed by atoms with van der Waals surface area (Å²) in [4.78, 5) is 0. The highest BCUT2D eigenvalue weighted by Crippen LogP contribution is 2.23. The van der Waals surface area contributed by atoms with Crippen molar-refractivity contribution in [3.8, 4) is 0 Å². The van der Waals surface area contributed by atoms with E-state index in [0.29, 0.717) is 0 Å². The fourth-order valence-electron chi connectivity index (χ4n) is 4.44. The molecule has 1 aromatic rings. The van der Waals surface area contributed by atoms with Crippen molar-refractivity contribution in [3.63, 3.8) is 0 Å². The molecule has 0 aliphatic carbocycles. The van der Waals surface area contributed by atoms with Gasteiger partial charge in [0.25, 0.3) is 0 Å². The second-order valence-corrected chi connectivity index (χ2v) is 9.67. The minimum Gasteiger partial charge on any atom is -0.308 e. The Balaban J connectivity index is 1.86. The smallest absolute Gasteiger partial charge is 0.0380 e. The molecule has 0 atom stereocenters. The Hall–Kier alpha value is -0.820. The van der Waals surface area contributed by atoms with Gasteiger partial charge in [-0.25, -0.2) is 0 Å². The van der Waals surface area contributed by atoms with Gasteiger partial charge in [0.1, 0.15) is 0 Å². The fraction of sp³-hybridized carbons (Fsp3) is 0.786. The van der Waals surface area contributed by atoms with Crippen LogP contribution >= 0.6 is 0 Å². The lowest BCUT2D eigenvalue weighted by Gasteiger charge is -2.28. The molecule has 29 heavy (non-hydrogen) atoms. The van der Waals surface area contributed by atoms with Crippen LogP contribution in [-0.4, -0.2) is 6.54 Å². The van der Waals surface area contributed by atoms with Gasteiger partial charge >= 0.3 is 0 Å². The number of benzene rings is 1. The van der Waals surface area contributed by atoms with Crippen LogP contribution in [0.3, 0.4) is 0 Å². The van der Waals surface area contributed by atoms with Gasteiger partial charge in [0, 0.05) is 5.54 Å². The highest BCUT2D eigenvalue weighted by atomic mass is 14.9. The van der Waals surface area contributed by atoms with E-state index in [0.717, 1.165) is 6.54 Å². The van der Waals surface area contributed by atoms with Crippen molar-refractivity contribution in [1.29, 1.82) is 0 Å². The van der Waals surface area contributed by atoms with Gasteiger partial charge in [-0.15, -0.1) is 0 Å². The maximum absolute atomic E-state index is 3.77. The highest BCUT2D eigenvalue weighted by Gasteiger charge is 2.20. The van der Waals surface area contributed by atoms with Crippen molar-refractivity contribution < 1.29 is 0 Å². The minimum absolute atomic E-state index is 0.0703. The molecule has 0 fully saturated rings. The van der Waals surface area contributed by atoms with Crippen molar-refractivity contribution in [1.82, 2.24) is 5.32 Å². The van der Waals surface area contributed by atoms with E-state index < -0.39 is 0 Å². The molecule has 168 valence electrons. The van der Waals surface area contributed by atoms with Crippen molar-refractivity contribution in [2.24, 2.45) is 0 Å². The molecule has 0 aliphatic heterocycles. The van der Waals surface area contributed by atoms with Gasteiger partial charge < -0.3 is 5.32 Å². The predicted octanol–water partition coefficient (Wildman–Crippen LogP) is 9.08. The van der Waals surface area contributed by atoms with Crippen LogP contribution in [0, 0.1) is 6.92 Å². The normalized spacial score (nSPS) is 11.9. The Morgan fingerprint density at radius 2 is 1.03 bits per heavy atom. The zero-order valence-electron chi connectivity index (χ0n) is 20.3. The molecule has 1 rings (SSSR count).